The highest BCUT2D eigenvalue weighted by molar-refractivity contribution is 7.11. The summed E-state index contributed by atoms with van der Waals surface area (Å²) in [6.07, 6.45) is 11.5. The van der Waals surface area contributed by atoms with Crippen LogP contribution in [0.3, 0.4) is 0 Å². The molecule has 1 aromatic carbocycles. The first kappa shape index (κ1) is 25.9. The number of fused-ring (bicyclic) bond motifs is 1. The van der Waals surface area contributed by atoms with Crippen molar-refractivity contribution in [2.75, 3.05) is 6.38 Å². The van der Waals surface area contributed by atoms with Gasteiger partial charge >= 0.3 is 0 Å². The van der Waals surface area contributed by atoms with Crippen LogP contribution in [0.4, 0.5) is 4.39 Å². The molecule has 2 atom stereocenters. The van der Waals surface area contributed by atoms with E-state index >= 15 is 0 Å². The number of halogens is 2. The third kappa shape index (κ3) is 5.27. The van der Waals surface area contributed by atoms with Crippen LogP contribution in [0.15, 0.2) is 66.6 Å². The first-order chi connectivity index (χ1) is 18.7. The normalized spacial score (nSPS) is 17.0. The molecule has 4 aromatic heterocycles. The van der Waals surface area contributed by atoms with Crippen LogP contribution in [0, 0.1) is 5.82 Å². The lowest BCUT2D eigenvalue weighted by molar-refractivity contribution is 0.0920. The van der Waals surface area contributed by atoms with Crippen LogP contribution in [0.2, 0.25) is 0 Å². The molecular weight excluding hydrogens is 525 g/mol. The number of amides is 1. The van der Waals surface area contributed by atoms with Crippen molar-refractivity contribution in [1.29, 1.82) is 0 Å². The smallest absolute Gasteiger partial charge is 0.280 e. The van der Waals surface area contributed by atoms with Gasteiger partial charge in [-0.25, -0.2) is 24.3 Å². The molecule has 6 rings (SSSR count). The van der Waals surface area contributed by atoms with Crippen molar-refractivity contribution in [3.63, 3.8) is 0 Å². The second kappa shape index (κ2) is 11.7. The van der Waals surface area contributed by atoms with Gasteiger partial charge in [-0.2, -0.15) is 0 Å². The van der Waals surface area contributed by atoms with E-state index < -0.39 is 0 Å². The zero-order valence-electron chi connectivity index (χ0n) is 20.6. The molecule has 1 aliphatic rings. The molecule has 0 radical (unpaired) electrons. The Labute approximate surface area is 228 Å². The fourth-order valence-electron chi connectivity index (χ4n) is 4.87. The summed E-state index contributed by atoms with van der Waals surface area (Å²) in [5, 5.41) is 5.38. The number of carbonyl (C=O) groups is 1. The van der Waals surface area contributed by atoms with E-state index in [9.17, 15) is 9.18 Å². The standard InChI is InChI=1S/C26H22FN7OS.CH3Cl/c27-19-8-2-1-7-18(19)24-33-21-15-31-20(23-28-9-4-10-29-23)14-22(21)34(24)17-6-3-5-16(13-17)32-25(35)26-30-11-12-36-26;1-2/h1-2,4,7-12,14-17H,3,5-6,13H2,(H,32,35);1H3. The zero-order valence-corrected chi connectivity index (χ0v) is 22.2. The van der Waals surface area contributed by atoms with Gasteiger partial charge in [-0.1, -0.05) is 12.1 Å². The van der Waals surface area contributed by atoms with E-state index in [0.717, 1.165) is 24.8 Å². The molecule has 0 bridgehead atoms. The minimum atomic E-state index is -0.335. The van der Waals surface area contributed by atoms with Crippen LogP contribution in [0.1, 0.15) is 41.5 Å². The summed E-state index contributed by atoms with van der Waals surface area (Å²) < 4.78 is 17.1. The van der Waals surface area contributed by atoms with Crippen LogP contribution < -0.4 is 5.32 Å². The van der Waals surface area contributed by atoms with E-state index in [1.807, 2.05) is 12.1 Å². The maximum absolute atomic E-state index is 14.9. The predicted octanol–water partition coefficient (Wildman–Crippen LogP) is 5.92. The maximum atomic E-state index is 14.9. The average molecular weight is 550 g/mol. The predicted molar refractivity (Wildman–Crippen MR) is 147 cm³/mol. The highest BCUT2D eigenvalue weighted by Gasteiger charge is 2.29. The molecule has 194 valence electrons. The van der Waals surface area contributed by atoms with Crippen molar-refractivity contribution in [2.45, 2.75) is 37.8 Å². The monoisotopic (exact) mass is 549 g/mol. The van der Waals surface area contributed by atoms with Crippen LogP contribution in [-0.2, 0) is 0 Å². The summed E-state index contributed by atoms with van der Waals surface area (Å²) in [5.41, 5.74) is 2.55. The van der Waals surface area contributed by atoms with E-state index in [2.05, 4.69) is 41.4 Å². The van der Waals surface area contributed by atoms with E-state index in [1.54, 1.807) is 48.4 Å². The summed E-state index contributed by atoms with van der Waals surface area (Å²) in [6, 6.07) is 10.3. The fraction of sp³-hybridized carbons (Fsp3) is 0.259. The Kier molecular flexibility index (Phi) is 8.00. The first-order valence-corrected chi connectivity index (χ1v) is 13.8. The molecular formula is C27H25ClFN7OS. The molecule has 38 heavy (non-hydrogen) atoms. The summed E-state index contributed by atoms with van der Waals surface area (Å²) in [5.74, 6) is 0.566. The molecule has 1 N–H and O–H groups in total. The van der Waals surface area contributed by atoms with E-state index in [4.69, 9.17) is 4.98 Å². The highest BCUT2D eigenvalue weighted by Crippen LogP contribution is 2.37. The minimum Gasteiger partial charge on any atom is -0.347 e. The Morgan fingerprint density at radius 1 is 1.08 bits per heavy atom. The molecule has 0 aliphatic heterocycles. The summed E-state index contributed by atoms with van der Waals surface area (Å²) >= 11 is 5.96. The van der Waals surface area contributed by atoms with Crippen LogP contribution in [-0.4, -0.2) is 47.8 Å². The van der Waals surface area contributed by atoms with Gasteiger partial charge in [-0.3, -0.25) is 9.78 Å². The van der Waals surface area contributed by atoms with Crippen LogP contribution in [0.5, 0.6) is 0 Å². The van der Waals surface area contributed by atoms with Crippen molar-refractivity contribution in [3.05, 3.63) is 77.4 Å². The number of imidazole rings is 1. The number of hydrogen-bond donors (Lipinski definition) is 1. The third-order valence-corrected chi connectivity index (χ3v) is 7.23. The lowest BCUT2D eigenvalue weighted by atomic mass is 9.90. The van der Waals surface area contributed by atoms with Crippen molar-refractivity contribution in [3.8, 4) is 22.9 Å². The van der Waals surface area contributed by atoms with Crippen LogP contribution in [0.25, 0.3) is 33.9 Å². The molecule has 1 saturated carbocycles. The van der Waals surface area contributed by atoms with E-state index in [-0.39, 0.29) is 23.8 Å². The highest BCUT2D eigenvalue weighted by atomic mass is 35.5. The second-order valence-electron chi connectivity index (χ2n) is 8.74. The summed E-state index contributed by atoms with van der Waals surface area (Å²) in [4.78, 5) is 34.8. The Bertz CT molecular complexity index is 1530. The van der Waals surface area contributed by atoms with Gasteiger partial charge in [0.25, 0.3) is 5.91 Å². The molecule has 5 aromatic rings. The molecule has 1 aliphatic carbocycles. The molecule has 0 saturated heterocycles. The molecule has 4 heterocycles. The number of alkyl halides is 1. The van der Waals surface area contributed by atoms with Gasteiger partial charge in [0.1, 0.15) is 22.9 Å². The molecule has 2 unspecified atom stereocenters. The molecule has 11 heteroatoms. The van der Waals surface area contributed by atoms with Gasteiger partial charge in [-0.05, 0) is 49.9 Å². The number of hydrogen-bond acceptors (Lipinski definition) is 7. The van der Waals surface area contributed by atoms with Crippen molar-refractivity contribution >= 4 is 39.9 Å². The van der Waals surface area contributed by atoms with Gasteiger partial charge < -0.3 is 9.88 Å². The maximum Gasteiger partial charge on any atom is 0.280 e. The lowest BCUT2D eigenvalue weighted by Crippen LogP contribution is -2.39. The molecule has 8 nitrogen and oxygen atoms in total. The molecule has 1 amide bonds. The van der Waals surface area contributed by atoms with E-state index in [1.165, 1.54) is 23.8 Å². The topological polar surface area (TPSA) is 98.5 Å². The quantitative estimate of drug-likeness (QED) is 0.273. The molecule has 0 spiro atoms. The number of carbonyl (C=O) groups excluding carboxylic acids is 1. The Balaban J connectivity index is 0.00000144. The number of benzene rings is 1. The van der Waals surface area contributed by atoms with Crippen molar-refractivity contribution in [1.82, 2.24) is 34.8 Å². The SMILES string of the molecule is CCl.O=C(NC1CCCC(n2c(-c3ccccc3F)nc3cnc(-c4ncccn4)cc32)C1)c1nccs1. The zero-order chi connectivity index (χ0) is 26.5. The second-order valence-corrected chi connectivity index (χ2v) is 9.64. The van der Waals surface area contributed by atoms with Crippen molar-refractivity contribution < 1.29 is 9.18 Å². The Morgan fingerprint density at radius 2 is 1.89 bits per heavy atom. The summed E-state index contributed by atoms with van der Waals surface area (Å²) in [7, 11) is 0. The Hall–Kier alpha value is -3.76. The lowest BCUT2D eigenvalue weighted by Gasteiger charge is -2.32. The minimum absolute atomic E-state index is 0.00638. The summed E-state index contributed by atoms with van der Waals surface area (Å²) in [6.45, 7) is 0. The first-order valence-electron chi connectivity index (χ1n) is 12.2. The number of nitrogens with zero attached hydrogens (tertiary/aromatic N) is 6. The van der Waals surface area contributed by atoms with Gasteiger partial charge in [0, 0.05) is 42.4 Å². The molecule has 1 fully saturated rings. The number of thiazole rings is 1. The van der Waals surface area contributed by atoms with Gasteiger partial charge in [0.2, 0.25) is 0 Å². The number of aromatic nitrogens is 6. The number of nitrogens with one attached hydrogen (secondary N) is 1. The van der Waals surface area contributed by atoms with Gasteiger partial charge in [0.05, 0.1) is 17.3 Å². The van der Waals surface area contributed by atoms with Gasteiger partial charge in [-0.15, -0.1) is 22.9 Å². The van der Waals surface area contributed by atoms with E-state index in [0.29, 0.717) is 39.9 Å². The average Bonchev–Trinajstić information content (AvgIpc) is 3.63. The third-order valence-electron chi connectivity index (χ3n) is 6.46. The largest absolute Gasteiger partial charge is 0.347 e. The Morgan fingerprint density at radius 3 is 2.66 bits per heavy atom. The number of pyridine rings is 1. The van der Waals surface area contributed by atoms with Crippen molar-refractivity contribution in [2.24, 2.45) is 0 Å². The van der Waals surface area contributed by atoms with Gasteiger partial charge in [0.15, 0.2) is 10.8 Å². The van der Waals surface area contributed by atoms with Crippen LogP contribution >= 0.6 is 22.9 Å². The number of rotatable bonds is 5. The fourth-order valence-corrected chi connectivity index (χ4v) is 5.41.